The van der Waals surface area contributed by atoms with Crippen LogP contribution < -0.4 is 0 Å². The maximum atomic E-state index is 13.0. The summed E-state index contributed by atoms with van der Waals surface area (Å²) in [6.45, 7) is -0.00139. The second-order valence-electron chi connectivity index (χ2n) is 5.04. The monoisotopic (exact) mass is 320 g/mol. The van der Waals surface area contributed by atoms with Crippen LogP contribution >= 0.6 is 0 Å². The molecule has 23 heavy (non-hydrogen) atoms. The van der Waals surface area contributed by atoms with Gasteiger partial charge in [0.05, 0.1) is 11.1 Å². The number of hydrogen-bond donors (Lipinski definition) is 1. The average molecular weight is 320 g/mol. The molecule has 0 amide bonds. The summed E-state index contributed by atoms with van der Waals surface area (Å²) in [6.07, 6.45) is -1.64. The van der Waals surface area contributed by atoms with E-state index in [4.69, 9.17) is 5.11 Å². The highest BCUT2D eigenvalue weighted by atomic mass is 19.4. The molecule has 0 atom stereocenters. The van der Waals surface area contributed by atoms with Crippen molar-refractivity contribution in [1.82, 2.24) is 9.55 Å². The quantitative estimate of drug-likeness (QED) is 0.798. The highest BCUT2D eigenvalue weighted by Gasteiger charge is 2.32. The number of aromatic carboxylic acids is 1. The van der Waals surface area contributed by atoms with E-state index in [9.17, 15) is 18.0 Å². The Morgan fingerprint density at radius 1 is 1.22 bits per heavy atom. The number of halogens is 3. The Hall–Kier alpha value is -2.83. The van der Waals surface area contributed by atoms with Gasteiger partial charge >= 0.3 is 12.1 Å². The second-order valence-corrected chi connectivity index (χ2v) is 5.04. The van der Waals surface area contributed by atoms with E-state index in [-0.39, 0.29) is 17.7 Å². The minimum absolute atomic E-state index is 0.00139. The smallest absolute Gasteiger partial charge is 0.416 e. The zero-order valence-corrected chi connectivity index (χ0v) is 11.7. The molecule has 0 spiro atoms. The summed E-state index contributed by atoms with van der Waals surface area (Å²) in [7, 11) is 0. The molecule has 0 saturated carbocycles. The standard InChI is InChI=1S/C16H11F3N2O2/c17-16(18,19)13-4-2-1-3-11(13)9-21-6-5-10-7-12(15(22)23)8-20-14(10)21/h1-8H,9H2,(H,22,23). The van der Waals surface area contributed by atoms with Gasteiger partial charge in [-0.25, -0.2) is 9.78 Å². The van der Waals surface area contributed by atoms with Gasteiger partial charge in [0.25, 0.3) is 0 Å². The van der Waals surface area contributed by atoms with Gasteiger partial charge in [-0.05, 0) is 23.8 Å². The van der Waals surface area contributed by atoms with Crippen LogP contribution in [0.25, 0.3) is 11.0 Å². The van der Waals surface area contributed by atoms with Crippen LogP contribution in [0.5, 0.6) is 0 Å². The normalized spacial score (nSPS) is 11.8. The van der Waals surface area contributed by atoms with Gasteiger partial charge in [0.2, 0.25) is 0 Å². The highest BCUT2D eigenvalue weighted by molar-refractivity contribution is 5.91. The number of fused-ring (bicyclic) bond motifs is 1. The fourth-order valence-electron chi connectivity index (χ4n) is 2.44. The molecule has 3 rings (SSSR count). The number of carboxylic acids is 1. The lowest BCUT2D eigenvalue weighted by atomic mass is 10.1. The molecule has 2 aromatic heterocycles. The Balaban J connectivity index is 2.02. The Bertz CT molecular complexity index is 884. The van der Waals surface area contributed by atoms with Crippen LogP contribution in [0.4, 0.5) is 13.2 Å². The molecular weight excluding hydrogens is 309 g/mol. The molecule has 0 radical (unpaired) electrons. The third-order valence-electron chi connectivity index (χ3n) is 3.51. The van der Waals surface area contributed by atoms with Gasteiger partial charge in [-0.1, -0.05) is 18.2 Å². The maximum Gasteiger partial charge on any atom is 0.416 e. The number of carboxylic acid groups (broad SMARTS) is 1. The lowest BCUT2D eigenvalue weighted by Gasteiger charge is -2.13. The largest absolute Gasteiger partial charge is 0.478 e. The minimum atomic E-state index is -4.43. The molecule has 118 valence electrons. The number of benzene rings is 1. The van der Waals surface area contributed by atoms with Crippen molar-refractivity contribution < 1.29 is 23.1 Å². The topological polar surface area (TPSA) is 55.1 Å². The number of alkyl halides is 3. The molecule has 0 unspecified atom stereocenters. The molecule has 3 aromatic rings. The number of pyridine rings is 1. The predicted octanol–water partition coefficient (Wildman–Crippen LogP) is 3.80. The van der Waals surface area contributed by atoms with Crippen molar-refractivity contribution in [3.05, 3.63) is 65.5 Å². The highest BCUT2D eigenvalue weighted by Crippen LogP contribution is 2.32. The van der Waals surface area contributed by atoms with Crippen molar-refractivity contribution >= 4 is 17.0 Å². The molecule has 7 heteroatoms. The van der Waals surface area contributed by atoms with Gasteiger partial charge < -0.3 is 9.67 Å². The summed E-state index contributed by atoms with van der Waals surface area (Å²) in [5, 5.41) is 9.50. The van der Waals surface area contributed by atoms with E-state index in [1.807, 2.05) is 0 Å². The first kappa shape index (κ1) is 15.1. The molecule has 0 aliphatic heterocycles. The fraction of sp³-hybridized carbons (Fsp3) is 0.125. The minimum Gasteiger partial charge on any atom is -0.478 e. The van der Waals surface area contributed by atoms with Crippen LogP contribution in [0.3, 0.4) is 0 Å². The van der Waals surface area contributed by atoms with Crippen LogP contribution in [0, 0.1) is 0 Å². The predicted molar refractivity (Wildman–Crippen MR) is 77.2 cm³/mol. The Morgan fingerprint density at radius 2 is 1.96 bits per heavy atom. The summed E-state index contributed by atoms with van der Waals surface area (Å²) in [6, 6.07) is 8.42. The molecule has 0 fully saturated rings. The van der Waals surface area contributed by atoms with E-state index in [1.165, 1.54) is 24.4 Å². The first-order valence-corrected chi connectivity index (χ1v) is 6.69. The number of carbonyl (C=O) groups is 1. The number of aromatic nitrogens is 2. The summed E-state index contributed by atoms with van der Waals surface area (Å²) in [4.78, 5) is 15.0. The van der Waals surface area contributed by atoms with E-state index in [0.29, 0.717) is 11.0 Å². The van der Waals surface area contributed by atoms with Crippen LogP contribution in [0.1, 0.15) is 21.5 Å². The van der Waals surface area contributed by atoms with Gasteiger partial charge in [-0.2, -0.15) is 13.2 Å². The fourth-order valence-corrected chi connectivity index (χ4v) is 2.44. The van der Waals surface area contributed by atoms with Crippen LogP contribution in [-0.4, -0.2) is 20.6 Å². The molecule has 0 aliphatic rings. The van der Waals surface area contributed by atoms with Crippen LogP contribution in [0.15, 0.2) is 48.8 Å². The summed E-state index contributed by atoms with van der Waals surface area (Å²) >= 11 is 0. The molecular formula is C16H11F3N2O2. The summed E-state index contributed by atoms with van der Waals surface area (Å²) < 4.78 is 40.7. The van der Waals surface area contributed by atoms with E-state index in [2.05, 4.69) is 4.98 Å². The Labute approximate surface area is 128 Å². The van der Waals surface area contributed by atoms with Crippen LogP contribution in [0.2, 0.25) is 0 Å². The van der Waals surface area contributed by atoms with Gasteiger partial charge in [0.15, 0.2) is 0 Å². The molecule has 2 heterocycles. The zero-order valence-electron chi connectivity index (χ0n) is 11.7. The molecule has 1 N–H and O–H groups in total. The molecule has 1 aromatic carbocycles. The Kier molecular flexibility index (Phi) is 3.55. The van der Waals surface area contributed by atoms with Gasteiger partial charge in [0.1, 0.15) is 5.65 Å². The maximum absolute atomic E-state index is 13.0. The van der Waals surface area contributed by atoms with E-state index in [0.717, 1.165) is 6.07 Å². The average Bonchev–Trinajstić information content (AvgIpc) is 2.89. The van der Waals surface area contributed by atoms with E-state index in [1.54, 1.807) is 22.9 Å². The van der Waals surface area contributed by atoms with Crippen molar-refractivity contribution in [1.29, 1.82) is 0 Å². The van der Waals surface area contributed by atoms with Crippen molar-refractivity contribution in [2.75, 3.05) is 0 Å². The van der Waals surface area contributed by atoms with Crippen molar-refractivity contribution in [3.8, 4) is 0 Å². The van der Waals surface area contributed by atoms with Crippen molar-refractivity contribution in [2.24, 2.45) is 0 Å². The summed E-state index contributed by atoms with van der Waals surface area (Å²) in [5.41, 5.74) is -0.0939. The number of hydrogen-bond acceptors (Lipinski definition) is 2. The second kappa shape index (κ2) is 5.42. The molecule has 0 aliphatic carbocycles. The van der Waals surface area contributed by atoms with Gasteiger partial charge in [0, 0.05) is 24.3 Å². The molecule has 0 saturated heterocycles. The number of rotatable bonds is 3. The van der Waals surface area contributed by atoms with Crippen LogP contribution in [-0.2, 0) is 12.7 Å². The number of nitrogens with zero attached hydrogens (tertiary/aromatic N) is 2. The Morgan fingerprint density at radius 3 is 2.65 bits per heavy atom. The molecule has 4 nitrogen and oxygen atoms in total. The molecule has 0 bridgehead atoms. The van der Waals surface area contributed by atoms with Gasteiger partial charge in [-0.3, -0.25) is 0 Å². The van der Waals surface area contributed by atoms with Gasteiger partial charge in [-0.15, -0.1) is 0 Å². The van der Waals surface area contributed by atoms with E-state index >= 15 is 0 Å². The lowest BCUT2D eigenvalue weighted by molar-refractivity contribution is -0.138. The lowest BCUT2D eigenvalue weighted by Crippen LogP contribution is -2.11. The van der Waals surface area contributed by atoms with E-state index < -0.39 is 17.7 Å². The third-order valence-corrected chi connectivity index (χ3v) is 3.51. The SMILES string of the molecule is O=C(O)c1cnc2c(ccn2Cc2ccccc2C(F)(F)F)c1. The van der Waals surface area contributed by atoms with Crippen molar-refractivity contribution in [3.63, 3.8) is 0 Å². The summed E-state index contributed by atoms with van der Waals surface area (Å²) in [5.74, 6) is -1.10. The first-order valence-electron chi connectivity index (χ1n) is 6.69. The zero-order chi connectivity index (χ0) is 16.6. The first-order chi connectivity index (χ1) is 10.9. The van der Waals surface area contributed by atoms with Crippen molar-refractivity contribution in [2.45, 2.75) is 12.7 Å². The third kappa shape index (κ3) is 2.90.